The number of carboxylic acid groups (broad SMARTS) is 1. The molecule has 1 N–H and O–H groups in total. The Bertz CT molecular complexity index is 902. The van der Waals surface area contributed by atoms with Crippen LogP contribution in [-0.2, 0) is 0 Å². The molecule has 22 heavy (non-hydrogen) atoms. The van der Waals surface area contributed by atoms with E-state index in [4.69, 9.17) is 11.6 Å². The summed E-state index contributed by atoms with van der Waals surface area (Å²) in [5.74, 6) is -0.969. The molecule has 2 heterocycles. The van der Waals surface area contributed by atoms with Crippen LogP contribution >= 0.6 is 11.6 Å². The number of aromatic nitrogens is 2. The van der Waals surface area contributed by atoms with Gasteiger partial charge in [-0.1, -0.05) is 23.7 Å². The van der Waals surface area contributed by atoms with E-state index in [1.54, 1.807) is 40.8 Å². The summed E-state index contributed by atoms with van der Waals surface area (Å²) in [6, 6.07) is 12.2. The lowest BCUT2D eigenvalue weighted by molar-refractivity contribution is 0.0692. The Morgan fingerprint density at radius 1 is 1.23 bits per heavy atom. The van der Waals surface area contributed by atoms with E-state index in [9.17, 15) is 9.90 Å². The Labute approximate surface area is 130 Å². The van der Waals surface area contributed by atoms with Crippen molar-refractivity contribution in [3.8, 4) is 0 Å². The molecule has 2 aromatic heterocycles. The van der Waals surface area contributed by atoms with Gasteiger partial charge in [-0.25, -0.2) is 9.78 Å². The maximum absolute atomic E-state index is 11.4. The lowest BCUT2D eigenvalue weighted by Crippen LogP contribution is -1.97. The fourth-order valence-corrected chi connectivity index (χ4v) is 2.30. The predicted molar refractivity (Wildman–Crippen MR) is 82.5 cm³/mol. The number of hydrogen-bond donors (Lipinski definition) is 1. The van der Waals surface area contributed by atoms with Crippen LogP contribution in [0, 0.1) is 6.92 Å². The van der Waals surface area contributed by atoms with Crippen molar-refractivity contribution in [1.82, 2.24) is 9.38 Å². The summed E-state index contributed by atoms with van der Waals surface area (Å²) in [4.78, 5) is 15.5. The van der Waals surface area contributed by atoms with Gasteiger partial charge in [-0.2, -0.15) is 0 Å². The topological polar surface area (TPSA) is 79.3 Å². The number of halogens is 1. The van der Waals surface area contributed by atoms with Crippen LogP contribution in [0.4, 0.5) is 11.5 Å². The molecule has 0 atom stereocenters. The first-order chi connectivity index (χ1) is 10.6. The molecule has 0 fully saturated rings. The number of aromatic carboxylic acids is 1. The first-order valence-corrected chi connectivity index (χ1v) is 6.83. The third-order valence-corrected chi connectivity index (χ3v) is 3.32. The lowest BCUT2D eigenvalue weighted by Gasteiger charge is -2.00. The fraction of sp³-hybridized carbons (Fsp3) is 0.0667. The number of pyridine rings is 1. The van der Waals surface area contributed by atoms with Crippen LogP contribution in [-0.4, -0.2) is 20.5 Å². The molecule has 0 bridgehead atoms. The van der Waals surface area contributed by atoms with E-state index < -0.39 is 5.97 Å². The summed E-state index contributed by atoms with van der Waals surface area (Å²) < 4.78 is 1.65. The first kappa shape index (κ1) is 14.2. The molecule has 110 valence electrons. The number of rotatable bonds is 3. The second-order valence-electron chi connectivity index (χ2n) is 4.63. The van der Waals surface area contributed by atoms with Crippen molar-refractivity contribution in [3.05, 3.63) is 58.9 Å². The van der Waals surface area contributed by atoms with Crippen molar-refractivity contribution < 1.29 is 9.90 Å². The molecule has 0 amide bonds. The Hall–Kier alpha value is -2.73. The number of carbonyl (C=O) groups is 1. The van der Waals surface area contributed by atoms with Gasteiger partial charge >= 0.3 is 5.97 Å². The van der Waals surface area contributed by atoms with Crippen molar-refractivity contribution in [2.24, 2.45) is 10.2 Å². The molecule has 1 aromatic carbocycles. The normalized spacial score (nSPS) is 11.4. The second-order valence-corrected chi connectivity index (χ2v) is 5.07. The van der Waals surface area contributed by atoms with Crippen molar-refractivity contribution in [1.29, 1.82) is 0 Å². The number of hydrogen-bond acceptors (Lipinski definition) is 4. The highest BCUT2D eigenvalue weighted by Crippen LogP contribution is 2.26. The molecular formula is C15H11ClN4O2. The van der Waals surface area contributed by atoms with Gasteiger partial charge in [0.15, 0.2) is 11.5 Å². The largest absolute Gasteiger partial charge is 0.476 e. The smallest absolute Gasteiger partial charge is 0.358 e. The molecule has 0 aliphatic carbocycles. The average Bonchev–Trinajstić information content (AvgIpc) is 2.85. The molecule has 0 aliphatic heterocycles. The number of azo groups is 1. The van der Waals surface area contributed by atoms with E-state index in [1.807, 2.05) is 13.0 Å². The number of fused-ring (bicyclic) bond motifs is 1. The highest BCUT2D eigenvalue weighted by molar-refractivity contribution is 6.30. The molecule has 7 heteroatoms. The van der Waals surface area contributed by atoms with Gasteiger partial charge in [0.25, 0.3) is 0 Å². The SMILES string of the molecule is Cc1cccc2nc(C(=O)O)c(N=Nc3cccc(Cl)c3)n12. The molecule has 0 aliphatic rings. The Kier molecular flexibility index (Phi) is 3.60. The van der Waals surface area contributed by atoms with Crippen LogP contribution in [0.5, 0.6) is 0 Å². The minimum Gasteiger partial charge on any atom is -0.476 e. The van der Waals surface area contributed by atoms with Gasteiger partial charge in [0, 0.05) is 10.7 Å². The number of aryl methyl sites for hydroxylation is 1. The van der Waals surface area contributed by atoms with Gasteiger partial charge in [-0.3, -0.25) is 4.40 Å². The summed E-state index contributed by atoms with van der Waals surface area (Å²) >= 11 is 5.89. The van der Waals surface area contributed by atoms with E-state index in [1.165, 1.54) is 0 Å². The van der Waals surface area contributed by atoms with Crippen LogP contribution in [0.1, 0.15) is 16.2 Å². The molecule has 3 aromatic rings. The maximum Gasteiger partial charge on any atom is 0.358 e. The molecule has 0 saturated heterocycles. The minimum absolute atomic E-state index is 0.139. The monoisotopic (exact) mass is 314 g/mol. The highest BCUT2D eigenvalue weighted by Gasteiger charge is 2.19. The molecular weight excluding hydrogens is 304 g/mol. The zero-order valence-electron chi connectivity index (χ0n) is 11.6. The zero-order valence-corrected chi connectivity index (χ0v) is 12.3. The average molecular weight is 315 g/mol. The van der Waals surface area contributed by atoms with Crippen molar-refractivity contribution in [2.75, 3.05) is 0 Å². The fourth-order valence-electron chi connectivity index (χ4n) is 2.12. The van der Waals surface area contributed by atoms with Gasteiger partial charge in [-0.05, 0) is 37.3 Å². The minimum atomic E-state index is -1.15. The number of nitrogens with zero attached hydrogens (tertiary/aromatic N) is 4. The van der Waals surface area contributed by atoms with Crippen LogP contribution in [0.15, 0.2) is 52.7 Å². The van der Waals surface area contributed by atoms with Crippen molar-refractivity contribution >= 4 is 34.7 Å². The standard InChI is InChI=1S/C15H11ClN4O2/c1-9-4-2-7-12-17-13(15(21)22)14(20(9)12)19-18-11-6-3-5-10(16)8-11/h2-8H,1H3,(H,21,22). The quantitative estimate of drug-likeness (QED) is 0.727. The van der Waals surface area contributed by atoms with Gasteiger partial charge in [0.2, 0.25) is 0 Å². The summed E-state index contributed by atoms with van der Waals surface area (Å²) in [6.45, 7) is 1.85. The van der Waals surface area contributed by atoms with E-state index in [0.717, 1.165) is 5.69 Å². The summed E-state index contributed by atoms with van der Waals surface area (Å²) in [5.41, 5.74) is 1.72. The van der Waals surface area contributed by atoms with Crippen LogP contribution in [0.25, 0.3) is 5.65 Å². The lowest BCUT2D eigenvalue weighted by atomic mass is 10.3. The molecule has 0 unspecified atom stereocenters. The zero-order chi connectivity index (χ0) is 15.7. The Balaban J connectivity index is 2.16. The second kappa shape index (κ2) is 5.57. The van der Waals surface area contributed by atoms with E-state index in [2.05, 4.69) is 15.2 Å². The van der Waals surface area contributed by atoms with E-state index >= 15 is 0 Å². The van der Waals surface area contributed by atoms with Crippen molar-refractivity contribution in [2.45, 2.75) is 6.92 Å². The maximum atomic E-state index is 11.4. The molecule has 0 spiro atoms. The Morgan fingerprint density at radius 2 is 2.00 bits per heavy atom. The molecule has 6 nitrogen and oxygen atoms in total. The third-order valence-electron chi connectivity index (χ3n) is 3.09. The van der Waals surface area contributed by atoms with Crippen LogP contribution < -0.4 is 0 Å². The van der Waals surface area contributed by atoms with E-state index in [-0.39, 0.29) is 11.5 Å². The Morgan fingerprint density at radius 3 is 2.73 bits per heavy atom. The third kappa shape index (κ3) is 2.56. The summed E-state index contributed by atoms with van der Waals surface area (Å²) in [7, 11) is 0. The van der Waals surface area contributed by atoms with Gasteiger partial charge in [0.1, 0.15) is 5.65 Å². The van der Waals surface area contributed by atoms with Gasteiger partial charge < -0.3 is 5.11 Å². The summed E-state index contributed by atoms with van der Waals surface area (Å²) in [5, 5.41) is 18.0. The van der Waals surface area contributed by atoms with Crippen molar-refractivity contribution in [3.63, 3.8) is 0 Å². The van der Waals surface area contributed by atoms with Gasteiger partial charge in [-0.15, -0.1) is 10.2 Å². The molecule has 0 saturated carbocycles. The van der Waals surface area contributed by atoms with Crippen LogP contribution in [0.3, 0.4) is 0 Å². The number of benzene rings is 1. The van der Waals surface area contributed by atoms with Crippen LogP contribution in [0.2, 0.25) is 5.02 Å². The molecule has 3 rings (SSSR count). The predicted octanol–water partition coefficient (Wildman–Crippen LogP) is 4.41. The van der Waals surface area contributed by atoms with Gasteiger partial charge in [0.05, 0.1) is 5.69 Å². The number of carboxylic acids is 1. The van der Waals surface area contributed by atoms with E-state index in [0.29, 0.717) is 16.4 Å². The number of imidazole rings is 1. The summed E-state index contributed by atoms with van der Waals surface area (Å²) in [6.07, 6.45) is 0. The molecule has 0 radical (unpaired) electrons. The first-order valence-electron chi connectivity index (χ1n) is 6.45. The highest BCUT2D eigenvalue weighted by atomic mass is 35.5.